The average molecular weight is 425 g/mol. The molecule has 1 aliphatic rings. The number of pyridine rings is 1. The van der Waals surface area contributed by atoms with Crippen molar-refractivity contribution >= 4 is 28.1 Å². The number of fused-ring (bicyclic) bond motifs is 1. The molecule has 2 aromatic carbocycles. The second kappa shape index (κ2) is 9.88. The molecule has 6 nitrogen and oxygen atoms in total. The Morgan fingerprint density at radius 2 is 1.97 bits per heavy atom. The number of carbonyl (C=O) groups is 1. The molecule has 0 bridgehead atoms. The fourth-order valence-corrected chi connectivity index (χ4v) is 3.48. The lowest BCUT2D eigenvalue weighted by Crippen LogP contribution is -2.08. The van der Waals surface area contributed by atoms with Gasteiger partial charge in [0.2, 0.25) is 5.69 Å². The zero-order valence-electron chi connectivity index (χ0n) is 17.9. The summed E-state index contributed by atoms with van der Waals surface area (Å²) in [5.41, 5.74) is 2.98. The molecule has 0 saturated carbocycles. The Kier molecular flexibility index (Phi) is 6.57. The van der Waals surface area contributed by atoms with Gasteiger partial charge in [0.25, 0.3) is 0 Å². The van der Waals surface area contributed by atoms with Crippen LogP contribution < -0.4 is 9.47 Å². The molecule has 0 amide bonds. The first-order chi connectivity index (χ1) is 15.7. The first-order valence-corrected chi connectivity index (χ1v) is 10.6. The number of ether oxygens (including phenoxy) is 2. The summed E-state index contributed by atoms with van der Waals surface area (Å²) in [6.45, 7) is 10.0. The predicted octanol–water partition coefficient (Wildman–Crippen LogP) is 6.23. The number of benzene rings is 2. The number of rotatable bonds is 9. The van der Waals surface area contributed by atoms with E-state index in [1.165, 1.54) is 0 Å². The summed E-state index contributed by atoms with van der Waals surface area (Å²) >= 11 is 0. The van der Waals surface area contributed by atoms with Gasteiger partial charge < -0.3 is 9.47 Å². The molecule has 160 valence electrons. The van der Waals surface area contributed by atoms with Crippen LogP contribution in [0.15, 0.2) is 65.9 Å². The number of aliphatic imine (C=N–C) groups is 1. The van der Waals surface area contributed by atoms with E-state index in [-0.39, 0.29) is 5.78 Å². The quantitative estimate of drug-likeness (QED) is 0.381. The molecule has 2 heterocycles. The Morgan fingerprint density at radius 3 is 2.69 bits per heavy atom. The van der Waals surface area contributed by atoms with Crippen molar-refractivity contribution in [2.24, 2.45) is 4.99 Å². The Bertz CT molecular complexity index is 1240. The van der Waals surface area contributed by atoms with Gasteiger partial charge in [0.05, 0.1) is 18.7 Å². The number of ketones is 1. The van der Waals surface area contributed by atoms with Crippen LogP contribution in [0.3, 0.4) is 0 Å². The van der Waals surface area contributed by atoms with Crippen LogP contribution in [0, 0.1) is 6.57 Å². The van der Waals surface area contributed by atoms with Crippen LogP contribution in [-0.2, 0) is 11.2 Å². The van der Waals surface area contributed by atoms with Gasteiger partial charge >= 0.3 is 0 Å². The van der Waals surface area contributed by atoms with E-state index in [9.17, 15) is 4.79 Å². The molecule has 0 saturated heterocycles. The van der Waals surface area contributed by atoms with E-state index < -0.39 is 0 Å². The van der Waals surface area contributed by atoms with Crippen LogP contribution in [-0.4, -0.2) is 23.1 Å². The summed E-state index contributed by atoms with van der Waals surface area (Å²) in [4.78, 5) is 24.5. The van der Waals surface area contributed by atoms with Gasteiger partial charge in [-0.25, -0.2) is 4.85 Å². The first kappa shape index (κ1) is 21.3. The van der Waals surface area contributed by atoms with E-state index in [1.54, 1.807) is 30.6 Å². The van der Waals surface area contributed by atoms with Crippen molar-refractivity contribution in [1.82, 2.24) is 4.98 Å². The molecule has 6 heteroatoms. The molecule has 32 heavy (non-hydrogen) atoms. The maximum atomic E-state index is 12.3. The molecule has 0 aliphatic carbocycles. The van der Waals surface area contributed by atoms with Crippen molar-refractivity contribution in [2.45, 2.75) is 32.6 Å². The number of allylic oxidation sites excluding steroid dienone is 1. The second-order valence-corrected chi connectivity index (χ2v) is 7.53. The Labute approximate surface area is 187 Å². The molecular formula is C26H23N3O3. The SMILES string of the molecule is [C-]#[N+]c1cc2c(Oc3ccc(CC(=O)CC4=NC=CC4)cc3)ccnc2cc1OCCC. The Balaban J connectivity index is 1.49. The number of aromatic nitrogens is 1. The third-order valence-corrected chi connectivity index (χ3v) is 5.03. The topological polar surface area (TPSA) is 65.1 Å². The summed E-state index contributed by atoms with van der Waals surface area (Å²) in [6, 6.07) is 12.8. The van der Waals surface area contributed by atoms with Gasteiger partial charge in [-0.1, -0.05) is 25.1 Å². The molecule has 0 unspecified atom stereocenters. The van der Waals surface area contributed by atoms with Crippen LogP contribution >= 0.6 is 0 Å². The third-order valence-electron chi connectivity index (χ3n) is 5.03. The standard InChI is InChI=1S/C26H23N3O3/c1-3-13-31-26-17-23-22(16-24(26)27-2)25(10-12-29-23)32-21-8-6-18(7-9-21)14-20(30)15-19-5-4-11-28-19/h4,6-12,16-17H,3,5,13-15H2,1H3. The van der Waals surface area contributed by atoms with Crippen LogP contribution in [0.5, 0.6) is 17.2 Å². The van der Waals surface area contributed by atoms with E-state index in [4.69, 9.17) is 16.0 Å². The number of hydrogen-bond acceptors (Lipinski definition) is 5. The lowest BCUT2D eigenvalue weighted by molar-refractivity contribution is -0.117. The highest BCUT2D eigenvalue weighted by molar-refractivity contribution is 6.04. The fraction of sp³-hybridized carbons (Fsp3) is 0.231. The van der Waals surface area contributed by atoms with E-state index >= 15 is 0 Å². The summed E-state index contributed by atoms with van der Waals surface area (Å²) < 4.78 is 11.8. The third kappa shape index (κ3) is 5.01. The second-order valence-electron chi connectivity index (χ2n) is 7.53. The largest absolute Gasteiger partial charge is 0.505 e. The van der Waals surface area contributed by atoms with Gasteiger partial charge in [0.15, 0.2) is 0 Å². The Morgan fingerprint density at radius 1 is 1.12 bits per heavy atom. The van der Waals surface area contributed by atoms with Gasteiger partial charge in [-0.2, -0.15) is 0 Å². The normalized spacial score (nSPS) is 12.4. The van der Waals surface area contributed by atoms with E-state index in [1.807, 2.05) is 37.3 Å². The van der Waals surface area contributed by atoms with Crippen LogP contribution in [0.2, 0.25) is 0 Å². The highest BCUT2D eigenvalue weighted by atomic mass is 16.5. The van der Waals surface area contributed by atoms with Gasteiger partial charge in [0.1, 0.15) is 23.0 Å². The lowest BCUT2D eigenvalue weighted by atomic mass is 10.0. The molecular weight excluding hydrogens is 402 g/mol. The van der Waals surface area contributed by atoms with Crippen molar-refractivity contribution in [3.8, 4) is 17.2 Å². The highest BCUT2D eigenvalue weighted by Gasteiger charge is 2.13. The maximum absolute atomic E-state index is 12.3. The first-order valence-electron chi connectivity index (χ1n) is 10.6. The zero-order chi connectivity index (χ0) is 22.3. The zero-order valence-corrected chi connectivity index (χ0v) is 17.9. The Hall–Kier alpha value is -3.98. The summed E-state index contributed by atoms with van der Waals surface area (Å²) in [5.74, 6) is 1.94. The molecule has 0 spiro atoms. The minimum Gasteiger partial charge on any atom is -0.505 e. The minimum atomic E-state index is 0.147. The molecule has 4 rings (SSSR count). The molecule has 0 atom stereocenters. The lowest BCUT2D eigenvalue weighted by Gasteiger charge is -2.12. The fourth-order valence-electron chi connectivity index (χ4n) is 3.48. The van der Waals surface area contributed by atoms with E-state index in [0.29, 0.717) is 47.9 Å². The van der Waals surface area contributed by atoms with Crippen molar-refractivity contribution in [3.63, 3.8) is 0 Å². The van der Waals surface area contributed by atoms with Crippen molar-refractivity contribution in [1.29, 1.82) is 0 Å². The number of nitrogens with zero attached hydrogens (tertiary/aromatic N) is 3. The maximum Gasteiger partial charge on any atom is 0.229 e. The van der Waals surface area contributed by atoms with E-state index in [0.717, 1.165) is 29.5 Å². The van der Waals surface area contributed by atoms with Gasteiger partial charge in [0, 0.05) is 42.8 Å². The van der Waals surface area contributed by atoms with E-state index in [2.05, 4.69) is 14.8 Å². The van der Waals surface area contributed by atoms with Crippen molar-refractivity contribution in [2.75, 3.05) is 6.61 Å². The smallest absolute Gasteiger partial charge is 0.229 e. The summed E-state index contributed by atoms with van der Waals surface area (Å²) in [6.07, 6.45) is 7.76. The van der Waals surface area contributed by atoms with Gasteiger partial charge in [-0.3, -0.25) is 14.8 Å². The molecule has 0 fully saturated rings. The molecule has 0 radical (unpaired) electrons. The van der Waals surface area contributed by atoms with Crippen molar-refractivity contribution < 1.29 is 14.3 Å². The summed E-state index contributed by atoms with van der Waals surface area (Å²) in [5, 5.41) is 0.743. The molecule has 0 N–H and O–H groups in total. The van der Waals surface area contributed by atoms with Gasteiger partial charge in [-0.05, 0) is 42.3 Å². The average Bonchev–Trinajstić information content (AvgIpc) is 3.31. The molecule has 1 aliphatic heterocycles. The molecule has 1 aromatic heterocycles. The van der Waals surface area contributed by atoms with Crippen molar-refractivity contribution in [3.05, 3.63) is 77.9 Å². The number of Topliss-reactive ketones (excluding diaryl/α,β-unsaturated/α-hetero) is 1. The number of hydrogen-bond donors (Lipinski definition) is 0. The molecule has 3 aromatic rings. The predicted molar refractivity (Wildman–Crippen MR) is 125 cm³/mol. The van der Waals surface area contributed by atoms with Crippen LogP contribution in [0.1, 0.15) is 31.7 Å². The van der Waals surface area contributed by atoms with Crippen LogP contribution in [0.25, 0.3) is 15.7 Å². The van der Waals surface area contributed by atoms with Gasteiger partial charge in [-0.15, -0.1) is 0 Å². The monoisotopic (exact) mass is 425 g/mol. The minimum absolute atomic E-state index is 0.147. The summed E-state index contributed by atoms with van der Waals surface area (Å²) in [7, 11) is 0. The highest BCUT2D eigenvalue weighted by Crippen LogP contribution is 2.37. The number of carbonyl (C=O) groups excluding carboxylic acids is 1. The van der Waals surface area contributed by atoms with Crippen LogP contribution in [0.4, 0.5) is 5.69 Å².